The summed E-state index contributed by atoms with van der Waals surface area (Å²) in [6, 6.07) is 2.06. The maximum Gasteiger partial charge on any atom is 0.122 e. The minimum absolute atomic E-state index is 0.881. The predicted molar refractivity (Wildman–Crippen MR) is 73.5 cm³/mol. The molecule has 0 unspecified atom stereocenters. The largest absolute Gasteiger partial charge is 0.468 e. The van der Waals surface area contributed by atoms with Crippen LogP contribution in [0.2, 0.25) is 0 Å². The third kappa shape index (κ3) is 3.83. The zero-order valence-electron chi connectivity index (χ0n) is 11.6. The van der Waals surface area contributed by atoms with Gasteiger partial charge in [0.15, 0.2) is 0 Å². The van der Waals surface area contributed by atoms with Crippen LogP contribution in [0.15, 0.2) is 16.7 Å². The van der Waals surface area contributed by atoms with Gasteiger partial charge in [0, 0.05) is 25.2 Å². The first-order valence-electron chi connectivity index (χ1n) is 6.90. The Labute approximate surface area is 110 Å². The smallest absolute Gasteiger partial charge is 0.122 e. The third-order valence-corrected chi connectivity index (χ3v) is 3.62. The molecule has 1 aliphatic heterocycles. The van der Waals surface area contributed by atoms with E-state index < -0.39 is 0 Å². The molecule has 0 saturated carbocycles. The van der Waals surface area contributed by atoms with Crippen molar-refractivity contribution in [3.05, 3.63) is 23.7 Å². The lowest BCUT2D eigenvalue weighted by molar-refractivity contribution is 0.239. The molecule has 0 radical (unpaired) electrons. The van der Waals surface area contributed by atoms with Crippen LogP contribution < -0.4 is 5.32 Å². The minimum atomic E-state index is 0.881. The van der Waals surface area contributed by atoms with E-state index in [9.17, 15) is 0 Å². The van der Waals surface area contributed by atoms with Crippen LogP contribution in [-0.2, 0) is 13.1 Å². The summed E-state index contributed by atoms with van der Waals surface area (Å²) in [6.07, 6.45) is 4.53. The molecule has 1 aliphatic rings. The van der Waals surface area contributed by atoms with Gasteiger partial charge in [0.2, 0.25) is 0 Å². The van der Waals surface area contributed by atoms with Gasteiger partial charge in [-0.05, 0) is 46.1 Å². The van der Waals surface area contributed by atoms with E-state index in [1.165, 1.54) is 38.0 Å². The standard InChI is InChI=1S/C14H25N3O/c1-15-11-13-5-10-18-14(13)12-16(2)8-9-17-6-3-4-7-17/h5,10,15H,3-4,6-9,11-12H2,1-2H3. The van der Waals surface area contributed by atoms with E-state index in [2.05, 4.69) is 28.2 Å². The number of nitrogens with zero attached hydrogens (tertiary/aromatic N) is 2. The van der Waals surface area contributed by atoms with Crippen LogP contribution in [0.3, 0.4) is 0 Å². The normalized spacial score (nSPS) is 16.8. The number of rotatable bonds is 7. The monoisotopic (exact) mass is 251 g/mol. The van der Waals surface area contributed by atoms with E-state index in [1.807, 2.05) is 7.05 Å². The second-order valence-corrected chi connectivity index (χ2v) is 5.19. The summed E-state index contributed by atoms with van der Waals surface area (Å²) in [6.45, 7) is 6.63. The fourth-order valence-corrected chi connectivity index (χ4v) is 2.50. The first-order chi connectivity index (χ1) is 8.79. The van der Waals surface area contributed by atoms with Gasteiger partial charge in [0.1, 0.15) is 5.76 Å². The van der Waals surface area contributed by atoms with Gasteiger partial charge in [0.05, 0.1) is 12.8 Å². The zero-order chi connectivity index (χ0) is 12.8. The molecule has 1 N–H and O–H groups in total. The topological polar surface area (TPSA) is 31.7 Å². The maximum atomic E-state index is 5.56. The fraction of sp³-hybridized carbons (Fsp3) is 0.714. The Bertz CT molecular complexity index is 345. The van der Waals surface area contributed by atoms with E-state index in [4.69, 9.17) is 4.42 Å². The summed E-state index contributed by atoms with van der Waals surface area (Å²) in [4.78, 5) is 4.89. The van der Waals surface area contributed by atoms with E-state index in [-0.39, 0.29) is 0 Å². The fourth-order valence-electron chi connectivity index (χ4n) is 2.50. The second kappa shape index (κ2) is 6.92. The van der Waals surface area contributed by atoms with Gasteiger partial charge in [-0.1, -0.05) is 0 Å². The van der Waals surface area contributed by atoms with E-state index in [0.717, 1.165) is 25.4 Å². The highest BCUT2D eigenvalue weighted by Gasteiger charge is 2.13. The molecular weight excluding hydrogens is 226 g/mol. The van der Waals surface area contributed by atoms with Gasteiger partial charge in [-0.2, -0.15) is 0 Å². The number of likely N-dealkylation sites (tertiary alicyclic amines) is 1. The number of likely N-dealkylation sites (N-methyl/N-ethyl adjacent to an activating group) is 1. The molecule has 0 bridgehead atoms. The summed E-state index contributed by atoms with van der Waals surface area (Å²) in [5.74, 6) is 1.09. The molecule has 1 fully saturated rings. The van der Waals surface area contributed by atoms with Crippen LogP contribution in [-0.4, -0.2) is 50.1 Å². The molecule has 4 heteroatoms. The van der Waals surface area contributed by atoms with Crippen LogP contribution in [0.1, 0.15) is 24.2 Å². The highest BCUT2D eigenvalue weighted by Crippen LogP contribution is 2.13. The van der Waals surface area contributed by atoms with E-state index in [1.54, 1.807) is 6.26 Å². The van der Waals surface area contributed by atoms with Gasteiger partial charge >= 0.3 is 0 Å². The summed E-state index contributed by atoms with van der Waals surface area (Å²) >= 11 is 0. The summed E-state index contributed by atoms with van der Waals surface area (Å²) < 4.78 is 5.56. The van der Waals surface area contributed by atoms with E-state index in [0.29, 0.717) is 0 Å². The summed E-state index contributed by atoms with van der Waals surface area (Å²) in [5.41, 5.74) is 1.27. The van der Waals surface area contributed by atoms with Crippen LogP contribution >= 0.6 is 0 Å². The molecule has 102 valence electrons. The van der Waals surface area contributed by atoms with Crippen LogP contribution in [0.5, 0.6) is 0 Å². The van der Waals surface area contributed by atoms with Crippen molar-refractivity contribution in [1.82, 2.24) is 15.1 Å². The molecular formula is C14H25N3O. The predicted octanol–water partition coefficient (Wildman–Crippen LogP) is 1.53. The molecule has 1 aromatic rings. The Balaban J connectivity index is 1.75. The number of hydrogen-bond acceptors (Lipinski definition) is 4. The number of hydrogen-bond donors (Lipinski definition) is 1. The van der Waals surface area contributed by atoms with Crippen molar-refractivity contribution in [2.45, 2.75) is 25.9 Å². The van der Waals surface area contributed by atoms with Gasteiger partial charge in [-0.25, -0.2) is 0 Å². The molecule has 0 spiro atoms. The van der Waals surface area contributed by atoms with Crippen molar-refractivity contribution < 1.29 is 4.42 Å². The lowest BCUT2D eigenvalue weighted by Crippen LogP contribution is -2.31. The van der Waals surface area contributed by atoms with Crippen molar-refractivity contribution in [2.24, 2.45) is 0 Å². The van der Waals surface area contributed by atoms with Crippen molar-refractivity contribution in [2.75, 3.05) is 40.3 Å². The molecule has 2 rings (SSSR count). The highest BCUT2D eigenvalue weighted by atomic mass is 16.3. The summed E-state index contributed by atoms with van der Waals surface area (Å²) in [7, 11) is 4.13. The van der Waals surface area contributed by atoms with Gasteiger partial charge in [0.25, 0.3) is 0 Å². The lowest BCUT2D eigenvalue weighted by atomic mass is 10.2. The third-order valence-electron chi connectivity index (χ3n) is 3.62. The molecule has 1 aromatic heterocycles. The van der Waals surface area contributed by atoms with Crippen LogP contribution in [0.4, 0.5) is 0 Å². The Morgan fingerprint density at radius 3 is 2.89 bits per heavy atom. The lowest BCUT2D eigenvalue weighted by Gasteiger charge is -2.20. The van der Waals surface area contributed by atoms with Crippen molar-refractivity contribution in [3.8, 4) is 0 Å². The molecule has 18 heavy (non-hydrogen) atoms. The minimum Gasteiger partial charge on any atom is -0.468 e. The van der Waals surface area contributed by atoms with Crippen molar-refractivity contribution >= 4 is 0 Å². The zero-order valence-corrected chi connectivity index (χ0v) is 11.6. The van der Waals surface area contributed by atoms with Crippen molar-refractivity contribution in [3.63, 3.8) is 0 Å². The Morgan fingerprint density at radius 1 is 1.39 bits per heavy atom. The molecule has 4 nitrogen and oxygen atoms in total. The Kier molecular flexibility index (Phi) is 5.23. The first-order valence-corrected chi connectivity index (χ1v) is 6.90. The Hall–Kier alpha value is -0.840. The quantitative estimate of drug-likeness (QED) is 0.796. The van der Waals surface area contributed by atoms with Crippen LogP contribution in [0, 0.1) is 0 Å². The molecule has 0 atom stereocenters. The highest BCUT2D eigenvalue weighted by molar-refractivity contribution is 5.16. The average Bonchev–Trinajstić information content (AvgIpc) is 2.99. The second-order valence-electron chi connectivity index (χ2n) is 5.19. The Morgan fingerprint density at radius 2 is 2.17 bits per heavy atom. The number of nitrogens with one attached hydrogen (secondary N) is 1. The SMILES string of the molecule is CNCc1ccoc1CN(C)CCN1CCCC1. The van der Waals surface area contributed by atoms with Crippen LogP contribution in [0.25, 0.3) is 0 Å². The number of furan rings is 1. The molecule has 0 amide bonds. The van der Waals surface area contributed by atoms with Gasteiger partial charge in [-0.3, -0.25) is 4.90 Å². The van der Waals surface area contributed by atoms with Gasteiger partial charge < -0.3 is 14.6 Å². The molecule has 0 aromatic carbocycles. The molecule has 2 heterocycles. The first kappa shape index (κ1) is 13.6. The van der Waals surface area contributed by atoms with E-state index >= 15 is 0 Å². The average molecular weight is 251 g/mol. The maximum absolute atomic E-state index is 5.56. The summed E-state index contributed by atoms with van der Waals surface area (Å²) in [5, 5.41) is 3.17. The van der Waals surface area contributed by atoms with Crippen molar-refractivity contribution in [1.29, 1.82) is 0 Å². The van der Waals surface area contributed by atoms with Gasteiger partial charge in [-0.15, -0.1) is 0 Å². The molecule has 0 aliphatic carbocycles. The molecule has 1 saturated heterocycles.